The number of unbranched alkanes of at least 4 members (excludes halogenated alkanes) is 4. The van der Waals surface area contributed by atoms with Gasteiger partial charge < -0.3 is 0 Å². The van der Waals surface area contributed by atoms with Gasteiger partial charge in [0.05, 0.1) is 11.8 Å². The summed E-state index contributed by atoms with van der Waals surface area (Å²) in [6.07, 6.45) is 8.39. The largest absolute Gasteiger partial charge is 0.285 e. The van der Waals surface area contributed by atoms with Crippen LogP contribution < -0.4 is 0 Å². The van der Waals surface area contributed by atoms with Crippen LogP contribution in [-0.4, -0.2) is 23.8 Å². The summed E-state index contributed by atoms with van der Waals surface area (Å²) in [6.45, 7) is 15.3. The molecule has 0 aromatic rings. The van der Waals surface area contributed by atoms with Crippen LogP contribution in [0.1, 0.15) is 93.4 Å². The van der Waals surface area contributed by atoms with E-state index in [0.717, 1.165) is 12.8 Å². The molecule has 0 saturated carbocycles. The summed E-state index contributed by atoms with van der Waals surface area (Å²) in [5.74, 6) is 0.183. The third kappa shape index (κ3) is 5.82. The Labute approximate surface area is 155 Å². The molecule has 3 atom stereocenters. The zero-order valence-electron chi connectivity index (χ0n) is 17.9. The predicted octanol–water partition coefficient (Wildman–Crippen LogP) is 5.68. The van der Waals surface area contributed by atoms with Crippen molar-refractivity contribution in [1.82, 2.24) is 4.90 Å². The smallest absolute Gasteiger partial charge is 0.233 e. The van der Waals surface area contributed by atoms with Crippen LogP contribution in [0, 0.1) is 28.6 Å². The van der Waals surface area contributed by atoms with Gasteiger partial charge in [0.2, 0.25) is 11.8 Å². The number of imide groups is 1. The van der Waals surface area contributed by atoms with Crippen LogP contribution in [0.15, 0.2) is 0 Å². The molecule has 0 aromatic heterocycles. The molecule has 146 valence electrons. The van der Waals surface area contributed by atoms with Gasteiger partial charge in [0.15, 0.2) is 0 Å². The van der Waals surface area contributed by atoms with Crippen LogP contribution in [0.25, 0.3) is 0 Å². The maximum Gasteiger partial charge on any atom is 0.233 e. The van der Waals surface area contributed by atoms with Gasteiger partial charge in [-0.05, 0) is 29.6 Å². The molecule has 3 heteroatoms. The van der Waals surface area contributed by atoms with Crippen LogP contribution in [0.5, 0.6) is 0 Å². The number of rotatable bonds is 8. The molecule has 0 radical (unpaired) electrons. The van der Waals surface area contributed by atoms with E-state index in [1.807, 2.05) is 0 Å². The summed E-state index contributed by atoms with van der Waals surface area (Å²) in [7, 11) is 1.65. The highest BCUT2D eigenvalue weighted by Gasteiger charge is 2.51. The fourth-order valence-corrected chi connectivity index (χ4v) is 4.30. The first-order valence-electron chi connectivity index (χ1n) is 10.2. The Hall–Kier alpha value is -0.860. The molecule has 0 aromatic carbocycles. The molecular weight excluding hydrogens is 310 g/mol. The third-order valence-electron chi connectivity index (χ3n) is 6.00. The van der Waals surface area contributed by atoms with E-state index < -0.39 is 0 Å². The van der Waals surface area contributed by atoms with Gasteiger partial charge in [0, 0.05) is 7.05 Å². The summed E-state index contributed by atoms with van der Waals surface area (Å²) in [5, 5.41) is 0. The number of likely N-dealkylation sites (tertiary alicyclic amines) is 1. The maximum atomic E-state index is 12.8. The first-order valence-corrected chi connectivity index (χ1v) is 10.2. The van der Waals surface area contributed by atoms with Gasteiger partial charge in [-0.1, -0.05) is 80.6 Å². The Morgan fingerprint density at radius 3 is 1.96 bits per heavy atom. The van der Waals surface area contributed by atoms with E-state index in [1.54, 1.807) is 7.05 Å². The van der Waals surface area contributed by atoms with E-state index in [4.69, 9.17) is 0 Å². The number of amides is 2. The van der Waals surface area contributed by atoms with Gasteiger partial charge in [-0.25, -0.2) is 0 Å². The lowest BCUT2D eigenvalue weighted by Gasteiger charge is -2.36. The Balaban J connectivity index is 2.86. The second-order valence-corrected chi connectivity index (χ2v) is 10.2. The fourth-order valence-electron chi connectivity index (χ4n) is 4.30. The van der Waals surface area contributed by atoms with Gasteiger partial charge in [-0.3, -0.25) is 14.5 Å². The van der Waals surface area contributed by atoms with Gasteiger partial charge in [0.1, 0.15) is 0 Å². The molecule has 25 heavy (non-hydrogen) atoms. The van der Waals surface area contributed by atoms with Crippen molar-refractivity contribution in [3.05, 3.63) is 0 Å². The highest BCUT2D eigenvalue weighted by molar-refractivity contribution is 6.05. The second-order valence-electron chi connectivity index (χ2n) is 10.2. The molecule has 0 spiro atoms. The van der Waals surface area contributed by atoms with Gasteiger partial charge in [0.25, 0.3) is 0 Å². The van der Waals surface area contributed by atoms with Gasteiger partial charge >= 0.3 is 0 Å². The van der Waals surface area contributed by atoms with Crippen LogP contribution in [0.2, 0.25) is 0 Å². The molecule has 1 aliphatic rings. The Morgan fingerprint density at radius 2 is 1.48 bits per heavy atom. The quantitative estimate of drug-likeness (QED) is 0.417. The zero-order chi connectivity index (χ0) is 19.4. The lowest BCUT2D eigenvalue weighted by atomic mass is 9.67. The maximum absolute atomic E-state index is 12.8. The number of carbonyl (C=O) groups excluding carboxylic acids is 2. The summed E-state index contributed by atoms with van der Waals surface area (Å²) < 4.78 is 0. The molecule has 1 saturated heterocycles. The summed E-state index contributed by atoms with van der Waals surface area (Å²) >= 11 is 0. The van der Waals surface area contributed by atoms with E-state index in [1.165, 1.54) is 37.0 Å². The van der Waals surface area contributed by atoms with Crippen molar-refractivity contribution in [1.29, 1.82) is 0 Å². The Morgan fingerprint density at radius 1 is 0.920 bits per heavy atom. The lowest BCUT2D eigenvalue weighted by Crippen LogP contribution is -2.34. The molecule has 1 rings (SSSR count). The van der Waals surface area contributed by atoms with Crippen molar-refractivity contribution in [2.24, 2.45) is 28.6 Å². The van der Waals surface area contributed by atoms with E-state index in [2.05, 4.69) is 48.5 Å². The Kier molecular flexibility index (Phi) is 7.71. The molecule has 2 amide bonds. The predicted molar refractivity (Wildman–Crippen MR) is 105 cm³/mol. The zero-order valence-corrected chi connectivity index (χ0v) is 17.9. The molecule has 1 heterocycles. The van der Waals surface area contributed by atoms with Crippen LogP contribution in [0.4, 0.5) is 0 Å². The molecule has 3 nitrogen and oxygen atoms in total. The summed E-state index contributed by atoms with van der Waals surface area (Å²) in [5.41, 5.74) is -0.0105. The number of hydrogen-bond donors (Lipinski definition) is 0. The van der Waals surface area contributed by atoms with Crippen LogP contribution >= 0.6 is 0 Å². The van der Waals surface area contributed by atoms with E-state index in [9.17, 15) is 9.59 Å². The molecular formula is C22H41NO2. The van der Waals surface area contributed by atoms with E-state index in [-0.39, 0.29) is 34.5 Å². The minimum Gasteiger partial charge on any atom is -0.285 e. The average Bonchev–Trinajstić information content (AvgIpc) is 2.68. The minimum absolute atomic E-state index is 0.0121. The van der Waals surface area contributed by atoms with Crippen molar-refractivity contribution in [2.75, 3.05) is 7.05 Å². The first kappa shape index (κ1) is 22.2. The lowest BCUT2D eigenvalue weighted by molar-refractivity contribution is -0.138. The van der Waals surface area contributed by atoms with Crippen LogP contribution in [-0.2, 0) is 9.59 Å². The van der Waals surface area contributed by atoms with E-state index in [0.29, 0.717) is 5.92 Å². The SMILES string of the molecule is CCCCCCCC(CC1C(=O)N(C)C(=O)C1C(C)(C)C)C(C)(C)C. The van der Waals surface area contributed by atoms with Gasteiger partial charge in [-0.15, -0.1) is 0 Å². The number of carbonyl (C=O) groups is 2. The van der Waals surface area contributed by atoms with Crippen molar-refractivity contribution in [3.63, 3.8) is 0 Å². The van der Waals surface area contributed by atoms with Crippen LogP contribution in [0.3, 0.4) is 0 Å². The minimum atomic E-state index is -0.185. The standard InChI is InChI=1S/C22H41NO2/c1-9-10-11-12-13-14-16(21(2,3)4)15-17-18(22(5,6)7)20(25)23(8)19(17)24/h16-18H,9-15H2,1-8H3. The van der Waals surface area contributed by atoms with Gasteiger partial charge in [-0.2, -0.15) is 0 Å². The number of hydrogen-bond acceptors (Lipinski definition) is 2. The highest BCUT2D eigenvalue weighted by atomic mass is 16.2. The Bertz CT molecular complexity index is 456. The van der Waals surface area contributed by atoms with Crippen molar-refractivity contribution >= 4 is 11.8 Å². The normalized spacial score (nSPS) is 23.4. The summed E-state index contributed by atoms with van der Waals surface area (Å²) in [6, 6.07) is 0. The molecule has 1 aliphatic heterocycles. The molecule has 0 bridgehead atoms. The monoisotopic (exact) mass is 351 g/mol. The molecule has 0 N–H and O–H groups in total. The van der Waals surface area contributed by atoms with Crippen molar-refractivity contribution in [2.45, 2.75) is 93.4 Å². The molecule has 0 aliphatic carbocycles. The summed E-state index contributed by atoms with van der Waals surface area (Å²) in [4.78, 5) is 26.8. The van der Waals surface area contributed by atoms with Crippen molar-refractivity contribution in [3.8, 4) is 0 Å². The van der Waals surface area contributed by atoms with E-state index >= 15 is 0 Å². The second kappa shape index (κ2) is 8.68. The average molecular weight is 352 g/mol. The topological polar surface area (TPSA) is 37.4 Å². The highest BCUT2D eigenvalue weighted by Crippen LogP contribution is 2.45. The third-order valence-corrected chi connectivity index (χ3v) is 6.00. The number of nitrogens with zero attached hydrogens (tertiary/aromatic N) is 1. The molecule has 3 unspecified atom stereocenters. The fraction of sp³-hybridized carbons (Fsp3) is 0.909. The van der Waals surface area contributed by atoms with Crippen molar-refractivity contribution < 1.29 is 9.59 Å². The molecule has 1 fully saturated rings. The first-order chi connectivity index (χ1) is 11.4.